The third kappa shape index (κ3) is 2.42. The van der Waals surface area contributed by atoms with Crippen molar-refractivity contribution < 1.29 is 4.92 Å². The highest BCUT2D eigenvalue weighted by atomic mass is 16.6. The van der Waals surface area contributed by atoms with Gasteiger partial charge in [0.05, 0.1) is 10.4 Å². The standard InChI is InChI=1S/C11H14N4O2/c1-14(2)7-6-10-12-8-4-3-5-9(15(16)17)11(8)13-10/h3-5H,6-7H2,1-2H3,(H,12,13). The van der Waals surface area contributed by atoms with E-state index in [2.05, 4.69) is 9.97 Å². The van der Waals surface area contributed by atoms with Crippen LogP contribution in [0.4, 0.5) is 5.69 Å². The van der Waals surface area contributed by atoms with E-state index in [0.29, 0.717) is 11.0 Å². The molecule has 0 saturated heterocycles. The molecule has 0 amide bonds. The highest BCUT2D eigenvalue weighted by molar-refractivity contribution is 5.84. The SMILES string of the molecule is CN(C)CCc1nc2c([N+](=O)[O-])cccc2[nH]1. The number of para-hydroxylation sites is 1. The van der Waals surface area contributed by atoms with Gasteiger partial charge in [-0.1, -0.05) is 6.07 Å². The summed E-state index contributed by atoms with van der Waals surface area (Å²) >= 11 is 0. The van der Waals surface area contributed by atoms with Crippen LogP contribution < -0.4 is 0 Å². The van der Waals surface area contributed by atoms with E-state index in [9.17, 15) is 10.1 Å². The zero-order valence-electron chi connectivity index (χ0n) is 9.80. The molecule has 17 heavy (non-hydrogen) atoms. The molecule has 1 aromatic carbocycles. The summed E-state index contributed by atoms with van der Waals surface area (Å²) in [5, 5.41) is 10.8. The lowest BCUT2D eigenvalue weighted by atomic mass is 10.3. The summed E-state index contributed by atoms with van der Waals surface area (Å²) in [6.45, 7) is 0.855. The van der Waals surface area contributed by atoms with Gasteiger partial charge in [0.2, 0.25) is 0 Å². The van der Waals surface area contributed by atoms with E-state index < -0.39 is 4.92 Å². The zero-order valence-corrected chi connectivity index (χ0v) is 9.80. The summed E-state index contributed by atoms with van der Waals surface area (Å²) < 4.78 is 0. The average Bonchev–Trinajstić information content (AvgIpc) is 2.68. The van der Waals surface area contributed by atoms with Crippen molar-refractivity contribution in [2.24, 2.45) is 0 Å². The second-order valence-electron chi connectivity index (χ2n) is 4.17. The first-order chi connectivity index (χ1) is 8.08. The van der Waals surface area contributed by atoms with Gasteiger partial charge < -0.3 is 9.88 Å². The molecule has 1 aromatic heterocycles. The van der Waals surface area contributed by atoms with Gasteiger partial charge in [-0.25, -0.2) is 4.98 Å². The number of nitro groups is 1. The lowest BCUT2D eigenvalue weighted by Crippen LogP contribution is -2.15. The number of nitro benzene ring substituents is 1. The van der Waals surface area contributed by atoms with Crippen LogP contribution in [0.25, 0.3) is 11.0 Å². The number of H-pyrrole nitrogens is 1. The second-order valence-corrected chi connectivity index (χ2v) is 4.17. The minimum atomic E-state index is -0.404. The van der Waals surface area contributed by atoms with Crippen molar-refractivity contribution in [3.8, 4) is 0 Å². The fourth-order valence-electron chi connectivity index (χ4n) is 1.66. The summed E-state index contributed by atoms with van der Waals surface area (Å²) in [5.41, 5.74) is 1.20. The van der Waals surface area contributed by atoms with E-state index >= 15 is 0 Å². The lowest BCUT2D eigenvalue weighted by Gasteiger charge is -2.06. The number of hydrogen-bond acceptors (Lipinski definition) is 4. The van der Waals surface area contributed by atoms with Gasteiger partial charge in [-0.05, 0) is 20.2 Å². The Labute approximate surface area is 98.4 Å². The van der Waals surface area contributed by atoms with E-state index in [1.807, 2.05) is 19.0 Å². The number of imidazole rings is 1. The Morgan fingerprint density at radius 2 is 2.24 bits per heavy atom. The van der Waals surface area contributed by atoms with Crippen LogP contribution in [-0.2, 0) is 6.42 Å². The van der Waals surface area contributed by atoms with Gasteiger partial charge in [-0.2, -0.15) is 0 Å². The molecule has 6 heteroatoms. The zero-order chi connectivity index (χ0) is 12.4. The van der Waals surface area contributed by atoms with Crippen molar-refractivity contribution in [1.29, 1.82) is 0 Å². The predicted molar refractivity (Wildman–Crippen MR) is 65.0 cm³/mol. The number of aromatic amines is 1. The Kier molecular flexibility index (Phi) is 3.06. The van der Waals surface area contributed by atoms with Gasteiger partial charge in [0.1, 0.15) is 5.82 Å². The molecule has 6 nitrogen and oxygen atoms in total. The first-order valence-corrected chi connectivity index (χ1v) is 5.34. The van der Waals surface area contributed by atoms with Crippen molar-refractivity contribution in [3.05, 3.63) is 34.1 Å². The van der Waals surface area contributed by atoms with Gasteiger partial charge in [-0.3, -0.25) is 10.1 Å². The fourth-order valence-corrected chi connectivity index (χ4v) is 1.66. The lowest BCUT2D eigenvalue weighted by molar-refractivity contribution is -0.383. The molecular formula is C11H14N4O2. The highest BCUT2D eigenvalue weighted by Gasteiger charge is 2.15. The summed E-state index contributed by atoms with van der Waals surface area (Å²) in [6.07, 6.45) is 0.749. The van der Waals surface area contributed by atoms with E-state index in [0.717, 1.165) is 18.8 Å². The number of nitrogens with zero attached hydrogens (tertiary/aromatic N) is 3. The van der Waals surface area contributed by atoms with Crippen molar-refractivity contribution in [2.75, 3.05) is 20.6 Å². The van der Waals surface area contributed by atoms with Crippen LogP contribution >= 0.6 is 0 Å². The smallest absolute Gasteiger partial charge is 0.297 e. The van der Waals surface area contributed by atoms with E-state index in [1.165, 1.54) is 6.07 Å². The van der Waals surface area contributed by atoms with Gasteiger partial charge in [0.25, 0.3) is 5.69 Å². The first-order valence-electron chi connectivity index (χ1n) is 5.34. The predicted octanol–water partition coefficient (Wildman–Crippen LogP) is 1.58. The molecule has 2 aromatic rings. The van der Waals surface area contributed by atoms with Gasteiger partial charge in [0, 0.05) is 19.0 Å². The van der Waals surface area contributed by atoms with Gasteiger partial charge in [0.15, 0.2) is 5.52 Å². The molecule has 0 saturated carbocycles. The van der Waals surface area contributed by atoms with Crippen LogP contribution in [0, 0.1) is 10.1 Å². The molecule has 0 aliphatic rings. The van der Waals surface area contributed by atoms with E-state index in [1.54, 1.807) is 12.1 Å². The summed E-state index contributed by atoms with van der Waals surface area (Å²) in [4.78, 5) is 19.9. The monoisotopic (exact) mass is 234 g/mol. The Morgan fingerprint density at radius 1 is 1.47 bits per heavy atom. The summed E-state index contributed by atoms with van der Waals surface area (Å²) in [7, 11) is 3.95. The molecule has 0 atom stereocenters. The fraction of sp³-hybridized carbons (Fsp3) is 0.364. The molecule has 0 aliphatic heterocycles. The van der Waals surface area contributed by atoms with Gasteiger partial charge >= 0.3 is 0 Å². The van der Waals surface area contributed by atoms with Crippen molar-refractivity contribution in [3.63, 3.8) is 0 Å². The quantitative estimate of drug-likeness (QED) is 0.643. The Hall–Kier alpha value is -1.95. The topological polar surface area (TPSA) is 75.1 Å². The number of benzene rings is 1. The normalized spacial score (nSPS) is 11.2. The molecule has 0 aliphatic carbocycles. The third-order valence-electron chi connectivity index (χ3n) is 2.53. The number of nitrogens with one attached hydrogen (secondary N) is 1. The molecule has 0 spiro atoms. The minimum absolute atomic E-state index is 0.0508. The molecule has 90 valence electrons. The van der Waals surface area contributed by atoms with E-state index in [4.69, 9.17) is 0 Å². The van der Waals surface area contributed by atoms with Crippen LogP contribution in [0.5, 0.6) is 0 Å². The average molecular weight is 234 g/mol. The summed E-state index contributed by atoms with van der Waals surface area (Å²) in [6, 6.07) is 4.93. The number of aromatic nitrogens is 2. The van der Waals surface area contributed by atoms with Gasteiger partial charge in [-0.15, -0.1) is 0 Å². The van der Waals surface area contributed by atoms with Crippen molar-refractivity contribution in [2.45, 2.75) is 6.42 Å². The molecule has 0 bridgehead atoms. The molecule has 0 radical (unpaired) electrons. The molecular weight excluding hydrogens is 220 g/mol. The van der Waals surface area contributed by atoms with Crippen LogP contribution in [0.3, 0.4) is 0 Å². The Bertz CT molecular complexity index is 547. The maximum absolute atomic E-state index is 10.8. The second kappa shape index (κ2) is 4.50. The highest BCUT2D eigenvalue weighted by Crippen LogP contribution is 2.23. The van der Waals surface area contributed by atoms with E-state index in [-0.39, 0.29) is 5.69 Å². The number of rotatable bonds is 4. The molecule has 0 fully saturated rings. The molecule has 1 heterocycles. The maximum atomic E-state index is 10.8. The van der Waals surface area contributed by atoms with Crippen molar-refractivity contribution >= 4 is 16.7 Å². The van der Waals surface area contributed by atoms with Crippen LogP contribution in [0.2, 0.25) is 0 Å². The molecule has 2 rings (SSSR count). The van der Waals surface area contributed by atoms with Crippen LogP contribution in [0.15, 0.2) is 18.2 Å². The van der Waals surface area contributed by atoms with Crippen molar-refractivity contribution in [1.82, 2.24) is 14.9 Å². The number of likely N-dealkylation sites (N-methyl/N-ethyl adjacent to an activating group) is 1. The number of hydrogen-bond donors (Lipinski definition) is 1. The molecule has 0 unspecified atom stereocenters. The number of non-ortho nitro benzene ring substituents is 1. The summed E-state index contributed by atoms with van der Waals surface area (Å²) in [5.74, 6) is 0.781. The van der Waals surface area contributed by atoms with Crippen LogP contribution in [-0.4, -0.2) is 40.4 Å². The van der Waals surface area contributed by atoms with Crippen LogP contribution in [0.1, 0.15) is 5.82 Å². The maximum Gasteiger partial charge on any atom is 0.297 e. The number of fused-ring (bicyclic) bond motifs is 1. The largest absolute Gasteiger partial charge is 0.342 e. The Morgan fingerprint density at radius 3 is 2.88 bits per heavy atom. The third-order valence-corrected chi connectivity index (χ3v) is 2.53. The Balaban J connectivity index is 2.36. The molecule has 1 N–H and O–H groups in total. The first kappa shape index (κ1) is 11.5. The minimum Gasteiger partial charge on any atom is -0.342 e.